The molecule has 13 heavy (non-hydrogen) atoms. The molecule has 0 aliphatic heterocycles. The van der Waals surface area contributed by atoms with Gasteiger partial charge in [-0.2, -0.15) is 8.42 Å². The average molecular weight is 202 g/mol. The van der Waals surface area contributed by atoms with Gasteiger partial charge in [0.05, 0.1) is 11.4 Å². The van der Waals surface area contributed by atoms with Crippen LogP contribution >= 0.6 is 0 Å². The Morgan fingerprint density at radius 3 is 2.46 bits per heavy atom. The van der Waals surface area contributed by atoms with Crippen LogP contribution in [0.4, 0.5) is 11.4 Å². The minimum Gasteiger partial charge on any atom is -0.397 e. The van der Waals surface area contributed by atoms with E-state index in [4.69, 9.17) is 16.0 Å². The predicted molar refractivity (Wildman–Crippen MR) is 50.5 cm³/mol. The van der Waals surface area contributed by atoms with Crippen molar-refractivity contribution >= 4 is 21.5 Å². The molecule has 0 saturated carbocycles. The molecule has 0 amide bonds. The van der Waals surface area contributed by atoms with Gasteiger partial charge in [-0.05, 0) is 11.6 Å². The van der Waals surface area contributed by atoms with Gasteiger partial charge in [-0.1, -0.05) is 12.1 Å². The van der Waals surface area contributed by atoms with Gasteiger partial charge in [0.15, 0.2) is 0 Å². The summed E-state index contributed by atoms with van der Waals surface area (Å²) in [5.41, 5.74) is 11.7. The number of para-hydroxylation sites is 1. The lowest BCUT2D eigenvalue weighted by atomic mass is 10.2. The van der Waals surface area contributed by atoms with Crippen molar-refractivity contribution in [1.29, 1.82) is 0 Å². The largest absolute Gasteiger partial charge is 0.397 e. The van der Waals surface area contributed by atoms with E-state index < -0.39 is 15.9 Å². The van der Waals surface area contributed by atoms with Crippen LogP contribution < -0.4 is 11.5 Å². The van der Waals surface area contributed by atoms with Crippen molar-refractivity contribution in [2.45, 2.75) is 5.75 Å². The molecule has 0 aromatic heterocycles. The molecule has 0 heterocycles. The van der Waals surface area contributed by atoms with Gasteiger partial charge in [0.2, 0.25) is 0 Å². The van der Waals surface area contributed by atoms with E-state index in [1.807, 2.05) is 0 Å². The minimum atomic E-state index is -4.05. The molecule has 1 aromatic rings. The molecule has 72 valence electrons. The Morgan fingerprint density at radius 2 is 1.92 bits per heavy atom. The number of nitrogen functional groups attached to an aromatic ring is 2. The third-order valence-electron chi connectivity index (χ3n) is 1.57. The highest BCUT2D eigenvalue weighted by Crippen LogP contribution is 2.20. The van der Waals surface area contributed by atoms with Crippen molar-refractivity contribution in [3.8, 4) is 0 Å². The van der Waals surface area contributed by atoms with Crippen LogP contribution in [-0.2, 0) is 15.9 Å². The van der Waals surface area contributed by atoms with Crippen LogP contribution in [0.1, 0.15) is 5.56 Å². The molecule has 0 bridgehead atoms. The van der Waals surface area contributed by atoms with Gasteiger partial charge in [-0.3, -0.25) is 4.55 Å². The van der Waals surface area contributed by atoms with E-state index in [9.17, 15) is 8.42 Å². The fourth-order valence-corrected chi connectivity index (χ4v) is 1.60. The molecule has 0 saturated heterocycles. The Bertz CT molecular complexity index is 414. The zero-order valence-electron chi connectivity index (χ0n) is 6.77. The first-order valence-corrected chi connectivity index (χ1v) is 5.09. The summed E-state index contributed by atoms with van der Waals surface area (Å²) in [6, 6.07) is 4.63. The molecule has 0 unspecified atom stereocenters. The summed E-state index contributed by atoms with van der Waals surface area (Å²) in [6.07, 6.45) is 0. The molecule has 6 heteroatoms. The summed E-state index contributed by atoms with van der Waals surface area (Å²) >= 11 is 0. The molecule has 1 aromatic carbocycles. The predicted octanol–water partition coefficient (Wildman–Crippen LogP) is 0.239. The molecule has 5 N–H and O–H groups in total. The fourth-order valence-electron chi connectivity index (χ4n) is 0.955. The number of nitrogens with two attached hydrogens (primary N) is 2. The number of hydrogen-bond acceptors (Lipinski definition) is 4. The number of anilines is 2. The van der Waals surface area contributed by atoms with Crippen LogP contribution in [0, 0.1) is 0 Å². The Morgan fingerprint density at radius 1 is 1.31 bits per heavy atom. The summed E-state index contributed by atoms with van der Waals surface area (Å²) in [4.78, 5) is 0. The quantitative estimate of drug-likeness (QED) is 0.470. The Balaban J connectivity index is 3.10. The highest BCUT2D eigenvalue weighted by Gasteiger charge is 2.10. The molecule has 0 spiro atoms. The second-order valence-corrected chi connectivity index (χ2v) is 4.10. The van der Waals surface area contributed by atoms with Gasteiger partial charge in [0.25, 0.3) is 10.1 Å². The third kappa shape index (κ3) is 2.60. The Kier molecular flexibility index (Phi) is 2.44. The fraction of sp³-hybridized carbons (Fsp3) is 0.143. The smallest absolute Gasteiger partial charge is 0.269 e. The molecule has 0 aliphatic carbocycles. The third-order valence-corrected chi connectivity index (χ3v) is 2.24. The lowest BCUT2D eigenvalue weighted by molar-refractivity contribution is 0.482. The molecule has 0 aliphatic rings. The Labute approximate surface area is 76.1 Å². The highest BCUT2D eigenvalue weighted by molar-refractivity contribution is 7.85. The lowest BCUT2D eigenvalue weighted by Gasteiger charge is -2.05. The molecular weight excluding hydrogens is 192 g/mol. The van der Waals surface area contributed by atoms with Gasteiger partial charge < -0.3 is 11.5 Å². The van der Waals surface area contributed by atoms with E-state index in [0.29, 0.717) is 11.3 Å². The number of rotatable bonds is 2. The minimum absolute atomic E-state index is 0.195. The van der Waals surface area contributed by atoms with Crippen molar-refractivity contribution < 1.29 is 13.0 Å². The zero-order valence-corrected chi connectivity index (χ0v) is 7.58. The van der Waals surface area contributed by atoms with Crippen molar-refractivity contribution in [3.05, 3.63) is 23.8 Å². The van der Waals surface area contributed by atoms with E-state index in [2.05, 4.69) is 0 Å². The van der Waals surface area contributed by atoms with Gasteiger partial charge in [-0.25, -0.2) is 0 Å². The molecule has 5 nitrogen and oxygen atoms in total. The molecule has 0 fully saturated rings. The summed E-state index contributed by atoms with van der Waals surface area (Å²) < 4.78 is 29.6. The molecule has 1 rings (SSSR count). The van der Waals surface area contributed by atoms with Crippen molar-refractivity contribution in [2.75, 3.05) is 11.5 Å². The summed E-state index contributed by atoms with van der Waals surface area (Å²) in [5.74, 6) is -0.510. The maximum absolute atomic E-state index is 10.5. The normalized spacial score (nSPS) is 11.5. The van der Waals surface area contributed by atoms with Crippen molar-refractivity contribution in [1.82, 2.24) is 0 Å². The SMILES string of the molecule is Nc1cccc(CS(=O)(=O)O)c1N. The van der Waals surface area contributed by atoms with Gasteiger partial charge in [-0.15, -0.1) is 0 Å². The maximum Gasteiger partial charge on any atom is 0.269 e. The second-order valence-electron chi connectivity index (χ2n) is 2.65. The van der Waals surface area contributed by atoms with Gasteiger partial charge >= 0.3 is 0 Å². The summed E-state index contributed by atoms with van der Waals surface area (Å²) in [7, 11) is -4.05. The maximum atomic E-state index is 10.5. The first-order chi connectivity index (χ1) is 5.90. The van der Waals surface area contributed by atoms with Crippen LogP contribution in [0.3, 0.4) is 0 Å². The zero-order chi connectivity index (χ0) is 10.1. The van der Waals surface area contributed by atoms with Crippen molar-refractivity contribution in [3.63, 3.8) is 0 Å². The molecular formula is C7H10N2O3S. The Hall–Kier alpha value is -1.27. The highest BCUT2D eigenvalue weighted by atomic mass is 32.2. The van der Waals surface area contributed by atoms with Crippen LogP contribution in [0.15, 0.2) is 18.2 Å². The first kappa shape index (κ1) is 9.82. The van der Waals surface area contributed by atoms with Gasteiger partial charge in [0, 0.05) is 0 Å². The van der Waals surface area contributed by atoms with Crippen molar-refractivity contribution in [2.24, 2.45) is 0 Å². The van der Waals surface area contributed by atoms with E-state index in [0.717, 1.165) is 0 Å². The molecule has 0 radical (unpaired) electrons. The second kappa shape index (κ2) is 3.23. The van der Waals surface area contributed by atoms with Crippen LogP contribution in [-0.4, -0.2) is 13.0 Å². The van der Waals surface area contributed by atoms with E-state index >= 15 is 0 Å². The summed E-state index contributed by atoms with van der Waals surface area (Å²) in [5, 5.41) is 0. The van der Waals surface area contributed by atoms with Crippen LogP contribution in [0.2, 0.25) is 0 Å². The average Bonchev–Trinajstić information content (AvgIpc) is 1.96. The van der Waals surface area contributed by atoms with E-state index in [-0.39, 0.29) is 5.69 Å². The molecule has 0 atom stereocenters. The van der Waals surface area contributed by atoms with E-state index in [1.165, 1.54) is 6.07 Å². The number of hydrogen-bond donors (Lipinski definition) is 3. The first-order valence-electron chi connectivity index (χ1n) is 3.48. The van der Waals surface area contributed by atoms with Crippen LogP contribution in [0.25, 0.3) is 0 Å². The van der Waals surface area contributed by atoms with Gasteiger partial charge in [0.1, 0.15) is 5.75 Å². The van der Waals surface area contributed by atoms with E-state index in [1.54, 1.807) is 12.1 Å². The number of benzene rings is 1. The topological polar surface area (TPSA) is 106 Å². The van der Waals surface area contributed by atoms with Crippen LogP contribution in [0.5, 0.6) is 0 Å². The monoisotopic (exact) mass is 202 g/mol. The lowest BCUT2D eigenvalue weighted by Crippen LogP contribution is -2.06. The standard InChI is InChI=1S/C7H10N2O3S/c8-6-3-1-2-5(7(6)9)4-13(10,11)12/h1-3H,4,8-9H2,(H,10,11,12). The summed E-state index contributed by atoms with van der Waals surface area (Å²) in [6.45, 7) is 0.